The molecule has 0 aromatic carbocycles. The number of aliphatic hydroxyl groups excluding tert-OH is 1. The fourth-order valence-electron chi connectivity index (χ4n) is 7.54. The summed E-state index contributed by atoms with van der Waals surface area (Å²) >= 11 is 0. The Balaban J connectivity index is 4.75. The molecule has 406 valence electrons. The molecule has 0 aliphatic carbocycles. The van der Waals surface area contributed by atoms with Gasteiger partial charge in [0.25, 0.3) is 0 Å². The number of unbranched alkanes of at least 4 members (excludes halogenated alkanes) is 25. The molecule has 0 aliphatic heterocycles. The van der Waals surface area contributed by atoms with Crippen LogP contribution in [0.25, 0.3) is 0 Å². The van der Waals surface area contributed by atoms with Gasteiger partial charge in [0.1, 0.15) is 12.7 Å². The first-order chi connectivity index (χ1) is 34.2. The summed E-state index contributed by atoms with van der Waals surface area (Å²) in [7, 11) is -4.75. The minimum atomic E-state index is -4.75. The van der Waals surface area contributed by atoms with Crippen molar-refractivity contribution in [1.29, 1.82) is 0 Å². The topological polar surface area (TPSA) is 155 Å². The summed E-state index contributed by atoms with van der Waals surface area (Å²) in [5.41, 5.74) is 0. The van der Waals surface area contributed by atoms with E-state index in [-0.39, 0.29) is 25.9 Å². The minimum Gasteiger partial charge on any atom is -0.462 e. The van der Waals surface area contributed by atoms with E-state index in [9.17, 15) is 28.9 Å². The molecule has 3 atom stereocenters. The Kier molecular flexibility index (Phi) is 50.4. The predicted octanol–water partition coefficient (Wildman–Crippen LogP) is 16.4. The molecule has 0 radical (unpaired) electrons. The van der Waals surface area contributed by atoms with E-state index >= 15 is 0 Å². The standard InChI is InChI=1S/C58H103O11P/c1-4-7-10-13-16-19-22-25-27-30-33-36-39-42-45-48-57(61)68-54(50-59)52-66-70(63,64)67-53-55(51-65-56(60)47-44-41-38-35-32-29-24-21-18-15-12-9-6-3)69-58(62)49-46-43-40-37-34-31-28-26-23-20-17-14-11-8-5-2/h12,15,17,20-21,24-28,54-55,59H,4-11,13-14,16,18-19,22-23,29-53H2,1-3H3,(H,63,64)/b15-12-,20-17-,24-21-,27-25-,28-26-. The molecule has 0 aromatic heterocycles. The zero-order chi connectivity index (χ0) is 51.3. The highest BCUT2D eigenvalue weighted by Crippen LogP contribution is 2.43. The predicted molar refractivity (Wildman–Crippen MR) is 288 cm³/mol. The van der Waals surface area contributed by atoms with Gasteiger partial charge in [0.15, 0.2) is 6.10 Å². The van der Waals surface area contributed by atoms with Crippen molar-refractivity contribution in [2.75, 3.05) is 26.4 Å². The molecule has 11 nitrogen and oxygen atoms in total. The lowest BCUT2D eigenvalue weighted by Gasteiger charge is -2.21. The van der Waals surface area contributed by atoms with Crippen molar-refractivity contribution in [3.05, 3.63) is 60.8 Å². The van der Waals surface area contributed by atoms with Gasteiger partial charge in [-0.3, -0.25) is 23.4 Å². The van der Waals surface area contributed by atoms with Crippen LogP contribution in [0.2, 0.25) is 0 Å². The Labute approximate surface area is 427 Å². The van der Waals surface area contributed by atoms with Gasteiger partial charge < -0.3 is 24.2 Å². The third kappa shape index (κ3) is 50.1. The lowest BCUT2D eigenvalue weighted by molar-refractivity contribution is -0.161. The van der Waals surface area contributed by atoms with Gasteiger partial charge in [-0.15, -0.1) is 0 Å². The second-order valence-corrected chi connectivity index (χ2v) is 20.2. The van der Waals surface area contributed by atoms with Crippen molar-refractivity contribution in [2.24, 2.45) is 0 Å². The van der Waals surface area contributed by atoms with Crippen molar-refractivity contribution in [1.82, 2.24) is 0 Å². The van der Waals surface area contributed by atoms with Crippen LogP contribution in [-0.4, -0.2) is 66.5 Å². The first-order valence-corrected chi connectivity index (χ1v) is 29.7. The Hall–Kier alpha value is -2.82. The first kappa shape index (κ1) is 67.2. The van der Waals surface area contributed by atoms with Gasteiger partial charge in [-0.1, -0.05) is 191 Å². The van der Waals surface area contributed by atoms with E-state index in [1.54, 1.807) is 0 Å². The summed E-state index contributed by atoms with van der Waals surface area (Å²) in [6, 6.07) is 0. The number of phosphoric ester groups is 1. The highest BCUT2D eigenvalue weighted by atomic mass is 31.2. The van der Waals surface area contributed by atoms with Gasteiger partial charge in [-0.05, 0) is 103 Å². The van der Waals surface area contributed by atoms with Crippen LogP contribution < -0.4 is 0 Å². The number of aliphatic hydroxyl groups is 1. The number of carbonyl (C=O) groups excluding carboxylic acids is 3. The maximum Gasteiger partial charge on any atom is 0.472 e. The number of rotatable bonds is 52. The van der Waals surface area contributed by atoms with Crippen molar-refractivity contribution < 1.29 is 52.2 Å². The largest absolute Gasteiger partial charge is 0.472 e. The van der Waals surface area contributed by atoms with Gasteiger partial charge >= 0.3 is 25.7 Å². The fourth-order valence-corrected chi connectivity index (χ4v) is 8.32. The van der Waals surface area contributed by atoms with Gasteiger partial charge in [0.2, 0.25) is 0 Å². The van der Waals surface area contributed by atoms with Crippen molar-refractivity contribution >= 4 is 25.7 Å². The van der Waals surface area contributed by atoms with E-state index < -0.39 is 57.8 Å². The molecule has 3 unspecified atom stereocenters. The van der Waals surface area contributed by atoms with E-state index in [4.69, 9.17) is 23.3 Å². The maximum atomic E-state index is 12.9. The molecule has 0 amide bonds. The molecule has 0 saturated heterocycles. The molecule has 70 heavy (non-hydrogen) atoms. The van der Waals surface area contributed by atoms with Crippen molar-refractivity contribution in [2.45, 2.75) is 264 Å². The Morgan fingerprint density at radius 3 is 1.16 bits per heavy atom. The average Bonchev–Trinajstić information content (AvgIpc) is 3.35. The SMILES string of the molecule is CCC/C=C\C/C=C\CCCCCCCC(=O)OCC(COP(=O)(O)OCC(CO)OC(=O)CCCCCCC/C=C\CCCCCCCC)OC(=O)CCCCCCC/C=C\C/C=C\CCCCC. The zero-order valence-electron chi connectivity index (χ0n) is 44.7. The van der Waals surface area contributed by atoms with Crippen LogP contribution in [0.5, 0.6) is 0 Å². The molecular formula is C58H103O11P. The summed E-state index contributed by atoms with van der Waals surface area (Å²) in [6.07, 6.45) is 56.0. The van der Waals surface area contributed by atoms with E-state index in [1.165, 1.54) is 64.2 Å². The van der Waals surface area contributed by atoms with Gasteiger partial charge in [0, 0.05) is 19.3 Å². The van der Waals surface area contributed by atoms with Crippen LogP contribution in [0.1, 0.15) is 252 Å². The molecule has 0 rings (SSSR count). The third-order valence-electron chi connectivity index (χ3n) is 11.9. The monoisotopic (exact) mass is 1010 g/mol. The molecule has 0 fully saturated rings. The fraction of sp³-hybridized carbons (Fsp3) is 0.776. The zero-order valence-corrected chi connectivity index (χ0v) is 45.6. The van der Waals surface area contributed by atoms with Crippen LogP contribution >= 0.6 is 7.82 Å². The molecule has 0 aromatic rings. The van der Waals surface area contributed by atoms with Crippen LogP contribution in [-0.2, 0) is 42.2 Å². The number of ether oxygens (including phenoxy) is 3. The summed E-state index contributed by atoms with van der Waals surface area (Å²) in [6.45, 7) is 4.51. The van der Waals surface area contributed by atoms with E-state index in [0.717, 1.165) is 128 Å². The molecule has 0 aliphatic rings. The molecular weight excluding hydrogens is 904 g/mol. The molecule has 12 heteroatoms. The normalized spacial score (nSPS) is 13.8. The highest BCUT2D eigenvalue weighted by molar-refractivity contribution is 7.47. The lowest BCUT2D eigenvalue weighted by Crippen LogP contribution is -2.30. The average molecular weight is 1010 g/mol. The Bertz CT molecular complexity index is 1410. The minimum absolute atomic E-state index is 0.147. The third-order valence-corrected chi connectivity index (χ3v) is 12.8. The van der Waals surface area contributed by atoms with Crippen LogP contribution in [0.4, 0.5) is 0 Å². The van der Waals surface area contributed by atoms with Crippen LogP contribution in [0.15, 0.2) is 60.8 Å². The number of hydrogen-bond donors (Lipinski definition) is 2. The van der Waals surface area contributed by atoms with Crippen molar-refractivity contribution in [3.63, 3.8) is 0 Å². The second kappa shape index (κ2) is 52.5. The number of esters is 3. The summed E-state index contributed by atoms with van der Waals surface area (Å²) < 4.78 is 39.4. The summed E-state index contributed by atoms with van der Waals surface area (Å²) in [4.78, 5) is 48.4. The summed E-state index contributed by atoms with van der Waals surface area (Å²) in [5, 5.41) is 9.80. The Morgan fingerprint density at radius 2 is 0.729 bits per heavy atom. The van der Waals surface area contributed by atoms with E-state index in [0.29, 0.717) is 19.3 Å². The van der Waals surface area contributed by atoms with Crippen LogP contribution in [0.3, 0.4) is 0 Å². The van der Waals surface area contributed by atoms with Gasteiger partial charge in [-0.2, -0.15) is 0 Å². The van der Waals surface area contributed by atoms with Crippen molar-refractivity contribution in [3.8, 4) is 0 Å². The quantitative estimate of drug-likeness (QED) is 0.0197. The lowest BCUT2D eigenvalue weighted by atomic mass is 10.1. The number of hydrogen-bond acceptors (Lipinski definition) is 10. The van der Waals surface area contributed by atoms with Crippen LogP contribution in [0, 0.1) is 0 Å². The van der Waals surface area contributed by atoms with E-state index in [1.807, 2.05) is 0 Å². The highest BCUT2D eigenvalue weighted by Gasteiger charge is 2.28. The smallest absolute Gasteiger partial charge is 0.462 e. The molecule has 0 saturated carbocycles. The number of allylic oxidation sites excluding steroid dienone is 10. The first-order valence-electron chi connectivity index (χ1n) is 28.2. The second-order valence-electron chi connectivity index (χ2n) is 18.7. The van der Waals surface area contributed by atoms with E-state index in [2.05, 4.69) is 81.5 Å². The molecule has 2 N–H and O–H groups in total. The Morgan fingerprint density at radius 1 is 0.400 bits per heavy atom. The van der Waals surface area contributed by atoms with Gasteiger partial charge in [0.05, 0.1) is 19.8 Å². The number of carbonyl (C=O) groups is 3. The molecule has 0 bridgehead atoms. The molecule has 0 spiro atoms. The molecule has 0 heterocycles. The van der Waals surface area contributed by atoms with Gasteiger partial charge in [-0.25, -0.2) is 4.57 Å². The maximum absolute atomic E-state index is 12.9. The number of phosphoric acid groups is 1. The summed E-state index contributed by atoms with van der Waals surface area (Å²) in [5.74, 6) is -1.50.